The van der Waals surface area contributed by atoms with E-state index in [0.717, 1.165) is 50.7 Å². The van der Waals surface area contributed by atoms with Gasteiger partial charge in [-0.3, -0.25) is 4.79 Å². The molecule has 0 bridgehead atoms. The molecule has 3 rings (SSSR count). The van der Waals surface area contributed by atoms with Gasteiger partial charge in [-0.15, -0.1) is 0 Å². The largest absolute Gasteiger partial charge is 0.481 e. The van der Waals surface area contributed by atoms with Gasteiger partial charge in [-0.2, -0.15) is 0 Å². The van der Waals surface area contributed by atoms with Crippen molar-refractivity contribution in [2.24, 2.45) is 16.5 Å². The van der Waals surface area contributed by atoms with Crippen LogP contribution < -0.4 is 0 Å². The first-order valence-electron chi connectivity index (χ1n) is 11.9. The lowest BCUT2D eigenvalue weighted by Gasteiger charge is -2.53. The lowest BCUT2D eigenvalue weighted by Crippen LogP contribution is -2.52. The van der Waals surface area contributed by atoms with Crippen LogP contribution >= 0.6 is 0 Å². The second kappa shape index (κ2) is 9.18. The summed E-state index contributed by atoms with van der Waals surface area (Å²) in [6.45, 7) is 15.0. The maximum Gasteiger partial charge on any atom is 0.309 e. The third-order valence-corrected chi connectivity index (χ3v) is 7.80. The van der Waals surface area contributed by atoms with Crippen LogP contribution in [0.5, 0.6) is 0 Å². The summed E-state index contributed by atoms with van der Waals surface area (Å²) >= 11 is 0. The van der Waals surface area contributed by atoms with Gasteiger partial charge >= 0.3 is 5.97 Å². The van der Waals surface area contributed by atoms with Crippen molar-refractivity contribution in [2.75, 3.05) is 6.61 Å². The quantitative estimate of drug-likeness (QED) is 0.221. The van der Waals surface area contributed by atoms with Crippen LogP contribution in [0.1, 0.15) is 101 Å². The molecule has 1 N–H and O–H groups in total. The van der Waals surface area contributed by atoms with Gasteiger partial charge in [0.05, 0.1) is 11.1 Å². The van der Waals surface area contributed by atoms with Crippen molar-refractivity contribution in [3.05, 3.63) is 47.0 Å². The van der Waals surface area contributed by atoms with Gasteiger partial charge in [-0.25, -0.2) is 0 Å². The number of carbonyl (C=O) groups is 1. The minimum Gasteiger partial charge on any atom is -0.481 e. The fourth-order valence-electron chi connectivity index (χ4n) is 6.15. The van der Waals surface area contributed by atoms with E-state index in [2.05, 4.69) is 51.6 Å². The first-order valence-corrected chi connectivity index (χ1v) is 11.9. The fourth-order valence-corrected chi connectivity index (χ4v) is 6.15. The molecule has 2 aliphatic rings. The molecule has 0 saturated heterocycles. The molecular weight excluding hydrogens is 386 g/mol. The number of carboxylic acids is 1. The molecule has 0 aromatic heterocycles. The fraction of sp³-hybridized carbons (Fsp3) is 0.630. The molecule has 4 nitrogen and oxygen atoms in total. The van der Waals surface area contributed by atoms with E-state index in [9.17, 15) is 9.90 Å². The van der Waals surface area contributed by atoms with E-state index in [-0.39, 0.29) is 11.3 Å². The molecule has 0 amide bonds. The second-order valence-electron chi connectivity index (χ2n) is 10.2. The average Bonchev–Trinajstić information content (AvgIpc) is 2.72. The molecule has 0 aliphatic heterocycles. The molecule has 1 fully saturated rings. The zero-order chi connectivity index (χ0) is 22.8. The number of hydrogen-bond acceptors (Lipinski definition) is 3. The van der Waals surface area contributed by atoms with E-state index in [1.807, 2.05) is 6.92 Å². The number of oxime groups is 1. The topological polar surface area (TPSA) is 58.9 Å². The molecule has 31 heavy (non-hydrogen) atoms. The second-order valence-corrected chi connectivity index (χ2v) is 10.2. The normalized spacial score (nSPS) is 28.1. The predicted octanol–water partition coefficient (Wildman–Crippen LogP) is 6.61. The number of rotatable bonds is 8. The third-order valence-electron chi connectivity index (χ3n) is 7.80. The summed E-state index contributed by atoms with van der Waals surface area (Å²) < 4.78 is 0. The molecule has 0 spiro atoms. The molecule has 3 atom stereocenters. The van der Waals surface area contributed by atoms with Gasteiger partial charge in [0.2, 0.25) is 0 Å². The van der Waals surface area contributed by atoms with Crippen LogP contribution in [-0.4, -0.2) is 23.4 Å². The van der Waals surface area contributed by atoms with Crippen LogP contribution in [0.3, 0.4) is 0 Å². The van der Waals surface area contributed by atoms with E-state index in [1.165, 1.54) is 22.3 Å². The van der Waals surface area contributed by atoms with E-state index >= 15 is 0 Å². The van der Waals surface area contributed by atoms with E-state index in [4.69, 9.17) is 4.84 Å². The number of aryl methyl sites for hydroxylation is 1. The van der Waals surface area contributed by atoms with Crippen molar-refractivity contribution in [1.29, 1.82) is 0 Å². The number of aliphatic carboxylic acids is 1. The molecule has 1 aromatic rings. The van der Waals surface area contributed by atoms with Crippen molar-refractivity contribution in [1.82, 2.24) is 0 Å². The van der Waals surface area contributed by atoms with Crippen LogP contribution in [0, 0.1) is 11.3 Å². The Morgan fingerprint density at radius 2 is 2.10 bits per heavy atom. The Bertz CT molecular complexity index is 871. The standard InChI is InChI=1S/C27H39NO3/c1-7-10-23(28-31-15-8-2)21-17-22-19(16-20(21)18(3)4)11-12-24-26(22,5)13-9-14-27(24,6)25(29)30/h8,16-18,24H,2,7,9-15H2,1,3-6H3,(H,29,30)/t24-,26-,27-/m1/s1. The van der Waals surface area contributed by atoms with Gasteiger partial charge < -0.3 is 9.94 Å². The minimum atomic E-state index is -0.658. The highest BCUT2D eigenvalue weighted by Gasteiger charge is 2.55. The smallest absolute Gasteiger partial charge is 0.309 e. The number of nitrogens with zero attached hydrogens (tertiary/aromatic N) is 1. The summed E-state index contributed by atoms with van der Waals surface area (Å²) in [7, 11) is 0. The maximum atomic E-state index is 12.3. The van der Waals surface area contributed by atoms with Crippen LogP contribution in [0.2, 0.25) is 0 Å². The van der Waals surface area contributed by atoms with Crippen molar-refractivity contribution >= 4 is 11.7 Å². The summed E-state index contributed by atoms with van der Waals surface area (Å²) in [6.07, 6.45) is 8.21. The van der Waals surface area contributed by atoms with Gasteiger partial charge in [0.15, 0.2) is 0 Å². The van der Waals surface area contributed by atoms with Crippen LogP contribution in [-0.2, 0) is 21.5 Å². The molecule has 0 unspecified atom stereocenters. The van der Waals surface area contributed by atoms with Crippen LogP contribution in [0.25, 0.3) is 0 Å². The molecule has 170 valence electrons. The molecule has 1 aromatic carbocycles. The van der Waals surface area contributed by atoms with Crippen molar-refractivity contribution < 1.29 is 14.7 Å². The first-order chi connectivity index (χ1) is 14.7. The monoisotopic (exact) mass is 425 g/mol. The van der Waals surface area contributed by atoms with Gasteiger partial charge in [0.25, 0.3) is 0 Å². The van der Waals surface area contributed by atoms with E-state index in [0.29, 0.717) is 12.5 Å². The Morgan fingerprint density at radius 3 is 2.71 bits per heavy atom. The summed E-state index contributed by atoms with van der Waals surface area (Å²) in [4.78, 5) is 17.8. The lowest BCUT2D eigenvalue weighted by molar-refractivity contribution is -0.157. The van der Waals surface area contributed by atoms with Gasteiger partial charge in [0, 0.05) is 5.56 Å². The Balaban J connectivity index is 2.17. The summed E-state index contributed by atoms with van der Waals surface area (Å²) in [5.41, 5.74) is 5.42. The molecule has 2 aliphatic carbocycles. The summed E-state index contributed by atoms with van der Waals surface area (Å²) in [6, 6.07) is 4.72. The zero-order valence-corrected chi connectivity index (χ0v) is 20.0. The van der Waals surface area contributed by atoms with Crippen LogP contribution in [0.4, 0.5) is 0 Å². The lowest BCUT2D eigenvalue weighted by atomic mass is 9.49. The zero-order valence-electron chi connectivity index (χ0n) is 20.0. The highest BCUT2D eigenvalue weighted by atomic mass is 16.6. The number of hydrogen-bond donors (Lipinski definition) is 1. The van der Waals surface area contributed by atoms with Crippen molar-refractivity contribution in [3.63, 3.8) is 0 Å². The Morgan fingerprint density at radius 1 is 1.35 bits per heavy atom. The van der Waals surface area contributed by atoms with Gasteiger partial charge in [-0.05, 0) is 79.0 Å². The predicted molar refractivity (Wildman–Crippen MR) is 127 cm³/mol. The molecular formula is C27H39NO3. The highest BCUT2D eigenvalue weighted by molar-refractivity contribution is 6.02. The molecule has 1 saturated carbocycles. The number of benzene rings is 1. The molecule has 0 heterocycles. The molecule has 4 heteroatoms. The minimum absolute atomic E-state index is 0.122. The third kappa shape index (κ3) is 4.18. The summed E-state index contributed by atoms with van der Waals surface area (Å²) in [5.74, 6) is -0.111. The van der Waals surface area contributed by atoms with Crippen LogP contribution in [0.15, 0.2) is 29.9 Å². The summed E-state index contributed by atoms with van der Waals surface area (Å²) in [5, 5.41) is 14.6. The Kier molecular flexibility index (Phi) is 6.98. The maximum absolute atomic E-state index is 12.3. The van der Waals surface area contributed by atoms with Gasteiger partial charge in [-0.1, -0.05) is 64.4 Å². The van der Waals surface area contributed by atoms with E-state index in [1.54, 1.807) is 6.08 Å². The number of carboxylic acid groups (broad SMARTS) is 1. The van der Waals surface area contributed by atoms with E-state index < -0.39 is 11.4 Å². The number of fused-ring (bicyclic) bond motifs is 3. The van der Waals surface area contributed by atoms with Crippen molar-refractivity contribution in [2.45, 2.75) is 90.9 Å². The van der Waals surface area contributed by atoms with Crippen molar-refractivity contribution in [3.8, 4) is 0 Å². The SMILES string of the molecule is C=CCON=C(CCC)c1cc2c(cc1C(C)C)CC[C@H]1[C@](C)(C(=O)O)CCC[C@]21C. The first kappa shape index (κ1) is 23.6. The van der Waals surface area contributed by atoms with Gasteiger partial charge in [0.1, 0.15) is 6.61 Å². The Labute approximate surface area is 187 Å². The highest BCUT2D eigenvalue weighted by Crippen LogP contribution is 2.57. The Hall–Kier alpha value is -2.10. The molecule has 0 radical (unpaired) electrons. The average molecular weight is 426 g/mol.